The SMILES string of the molecule is Cc1onc(-c2ccccc2)c1C(=O)N1CC2CN(c3cccc(CCC(N)=O)c3)CC2C1. The monoisotopic (exact) mass is 444 g/mol. The molecule has 2 aliphatic rings. The Morgan fingerprint density at radius 1 is 1.03 bits per heavy atom. The molecule has 33 heavy (non-hydrogen) atoms. The molecule has 0 bridgehead atoms. The van der Waals surface area contributed by atoms with Gasteiger partial charge in [0, 0.05) is 55.7 Å². The lowest BCUT2D eigenvalue weighted by atomic mass is 10.0. The van der Waals surface area contributed by atoms with Gasteiger partial charge >= 0.3 is 0 Å². The van der Waals surface area contributed by atoms with Gasteiger partial charge in [-0.05, 0) is 31.0 Å². The highest BCUT2D eigenvalue weighted by Crippen LogP contribution is 2.36. The van der Waals surface area contributed by atoms with E-state index in [1.165, 1.54) is 5.69 Å². The number of fused-ring (bicyclic) bond motifs is 1. The van der Waals surface area contributed by atoms with Crippen LogP contribution in [0.2, 0.25) is 0 Å². The number of anilines is 1. The number of hydrogen-bond donors (Lipinski definition) is 1. The zero-order valence-corrected chi connectivity index (χ0v) is 18.7. The van der Waals surface area contributed by atoms with Crippen molar-refractivity contribution < 1.29 is 14.1 Å². The molecule has 3 heterocycles. The molecular formula is C26H28N4O3. The van der Waals surface area contributed by atoms with Crippen molar-refractivity contribution >= 4 is 17.5 Å². The molecule has 0 radical (unpaired) electrons. The standard InChI is InChI=1S/C26H28N4O3/c1-17-24(25(28-33-17)19-7-3-2-4-8-19)26(32)30-15-20-13-29(14-21(20)16-30)22-9-5-6-18(12-22)10-11-23(27)31/h2-9,12,20-21H,10-11,13-16H2,1H3,(H2,27,31). The van der Waals surface area contributed by atoms with Gasteiger partial charge in [0.05, 0.1) is 0 Å². The van der Waals surface area contributed by atoms with Crippen molar-refractivity contribution in [2.24, 2.45) is 17.6 Å². The highest BCUT2D eigenvalue weighted by Gasteiger charge is 2.43. The van der Waals surface area contributed by atoms with E-state index in [9.17, 15) is 9.59 Å². The van der Waals surface area contributed by atoms with Crippen molar-refractivity contribution in [1.82, 2.24) is 10.1 Å². The fraction of sp³-hybridized carbons (Fsp3) is 0.346. The van der Waals surface area contributed by atoms with Crippen LogP contribution in [0.1, 0.15) is 28.1 Å². The van der Waals surface area contributed by atoms with Crippen molar-refractivity contribution in [2.75, 3.05) is 31.1 Å². The number of nitrogens with zero attached hydrogens (tertiary/aromatic N) is 3. The maximum Gasteiger partial charge on any atom is 0.259 e. The van der Waals surface area contributed by atoms with Crippen LogP contribution in [0.15, 0.2) is 59.1 Å². The van der Waals surface area contributed by atoms with Gasteiger partial charge in [0.15, 0.2) is 0 Å². The molecule has 170 valence electrons. The van der Waals surface area contributed by atoms with E-state index >= 15 is 0 Å². The molecule has 1 aromatic heterocycles. The predicted octanol–water partition coefficient (Wildman–Crippen LogP) is 3.28. The van der Waals surface area contributed by atoms with Crippen LogP contribution in [0.4, 0.5) is 5.69 Å². The third kappa shape index (κ3) is 4.23. The largest absolute Gasteiger partial charge is 0.371 e. The molecule has 2 fully saturated rings. The zero-order valence-electron chi connectivity index (χ0n) is 18.7. The Morgan fingerprint density at radius 3 is 2.45 bits per heavy atom. The fourth-order valence-electron chi connectivity index (χ4n) is 5.12. The molecule has 5 rings (SSSR count). The summed E-state index contributed by atoms with van der Waals surface area (Å²) >= 11 is 0. The summed E-state index contributed by atoms with van der Waals surface area (Å²) in [5.41, 5.74) is 9.66. The van der Waals surface area contributed by atoms with Crippen LogP contribution in [0, 0.1) is 18.8 Å². The third-order valence-corrected chi connectivity index (χ3v) is 6.83. The number of aryl methyl sites for hydroxylation is 2. The van der Waals surface area contributed by atoms with Gasteiger partial charge in [-0.3, -0.25) is 9.59 Å². The first-order valence-electron chi connectivity index (χ1n) is 11.4. The number of rotatable bonds is 6. The average molecular weight is 445 g/mol. The maximum atomic E-state index is 13.5. The van der Waals surface area contributed by atoms with E-state index in [0.29, 0.717) is 41.7 Å². The number of carbonyl (C=O) groups is 2. The molecule has 2 unspecified atom stereocenters. The second-order valence-corrected chi connectivity index (χ2v) is 9.10. The van der Waals surface area contributed by atoms with Crippen LogP contribution in [-0.4, -0.2) is 48.0 Å². The fourth-order valence-corrected chi connectivity index (χ4v) is 5.12. The number of nitrogens with two attached hydrogens (primary N) is 1. The highest BCUT2D eigenvalue weighted by atomic mass is 16.5. The zero-order chi connectivity index (χ0) is 22.9. The van der Waals surface area contributed by atoms with Gasteiger partial charge in [-0.15, -0.1) is 0 Å². The lowest BCUT2D eigenvalue weighted by Gasteiger charge is -2.24. The van der Waals surface area contributed by atoms with E-state index < -0.39 is 0 Å². The Labute approximate surface area is 193 Å². The molecule has 2 N–H and O–H groups in total. The number of carbonyl (C=O) groups excluding carboxylic acids is 2. The first-order chi connectivity index (χ1) is 16.0. The van der Waals surface area contributed by atoms with E-state index in [-0.39, 0.29) is 11.8 Å². The molecule has 2 atom stereocenters. The number of primary amides is 1. The van der Waals surface area contributed by atoms with E-state index in [1.807, 2.05) is 47.4 Å². The molecule has 2 aliphatic heterocycles. The summed E-state index contributed by atoms with van der Waals surface area (Å²) in [4.78, 5) is 28.9. The molecule has 0 aliphatic carbocycles. The lowest BCUT2D eigenvalue weighted by Crippen LogP contribution is -2.33. The van der Waals surface area contributed by atoms with Crippen molar-refractivity contribution in [3.63, 3.8) is 0 Å². The molecule has 7 nitrogen and oxygen atoms in total. The summed E-state index contributed by atoms with van der Waals surface area (Å²) in [6, 6.07) is 18.1. The topological polar surface area (TPSA) is 92.7 Å². The van der Waals surface area contributed by atoms with Gasteiger partial charge < -0.3 is 20.1 Å². The van der Waals surface area contributed by atoms with Crippen molar-refractivity contribution in [2.45, 2.75) is 19.8 Å². The number of likely N-dealkylation sites (tertiary alicyclic amines) is 1. The Morgan fingerprint density at radius 2 is 1.76 bits per heavy atom. The Balaban J connectivity index is 1.27. The van der Waals surface area contributed by atoms with Crippen LogP contribution in [0.25, 0.3) is 11.3 Å². The van der Waals surface area contributed by atoms with Gasteiger partial charge in [-0.1, -0.05) is 47.6 Å². The number of hydrogen-bond acceptors (Lipinski definition) is 5. The summed E-state index contributed by atoms with van der Waals surface area (Å²) in [6.45, 7) is 5.11. The minimum atomic E-state index is -0.278. The molecular weight excluding hydrogens is 416 g/mol. The van der Waals surface area contributed by atoms with Gasteiger partial charge in [-0.25, -0.2) is 0 Å². The molecule has 2 saturated heterocycles. The molecule has 2 amide bonds. The van der Waals surface area contributed by atoms with E-state index in [2.05, 4.69) is 22.2 Å². The number of amides is 2. The third-order valence-electron chi connectivity index (χ3n) is 6.83. The molecule has 3 aromatic rings. The van der Waals surface area contributed by atoms with Crippen LogP contribution >= 0.6 is 0 Å². The summed E-state index contributed by atoms with van der Waals surface area (Å²) < 4.78 is 5.41. The second kappa shape index (κ2) is 8.73. The van der Waals surface area contributed by atoms with E-state index in [4.69, 9.17) is 10.3 Å². The van der Waals surface area contributed by atoms with E-state index in [1.54, 1.807) is 6.92 Å². The normalized spacial score (nSPS) is 19.7. The van der Waals surface area contributed by atoms with Gasteiger partial charge in [-0.2, -0.15) is 0 Å². The molecule has 0 saturated carbocycles. The van der Waals surface area contributed by atoms with Crippen molar-refractivity contribution in [3.8, 4) is 11.3 Å². The summed E-state index contributed by atoms with van der Waals surface area (Å²) in [5.74, 6) is 1.15. The highest BCUT2D eigenvalue weighted by molar-refractivity contribution is 6.01. The quantitative estimate of drug-likeness (QED) is 0.630. The van der Waals surface area contributed by atoms with Crippen LogP contribution in [-0.2, 0) is 11.2 Å². The minimum Gasteiger partial charge on any atom is -0.371 e. The smallest absolute Gasteiger partial charge is 0.259 e. The Hall–Kier alpha value is -3.61. The van der Waals surface area contributed by atoms with Gasteiger partial charge in [0.2, 0.25) is 5.91 Å². The first-order valence-corrected chi connectivity index (χ1v) is 11.4. The summed E-state index contributed by atoms with van der Waals surface area (Å²) in [6.07, 6.45) is 1.02. The predicted molar refractivity (Wildman–Crippen MR) is 126 cm³/mol. The number of benzene rings is 2. The minimum absolute atomic E-state index is 0.00185. The summed E-state index contributed by atoms with van der Waals surface area (Å²) in [5, 5.41) is 4.18. The molecule has 0 spiro atoms. The van der Waals surface area contributed by atoms with Gasteiger partial charge in [0.1, 0.15) is 17.0 Å². The van der Waals surface area contributed by atoms with Crippen LogP contribution in [0.3, 0.4) is 0 Å². The maximum absolute atomic E-state index is 13.5. The molecule has 2 aromatic carbocycles. The van der Waals surface area contributed by atoms with Crippen LogP contribution in [0.5, 0.6) is 0 Å². The first kappa shape index (κ1) is 21.2. The van der Waals surface area contributed by atoms with Crippen LogP contribution < -0.4 is 10.6 Å². The van der Waals surface area contributed by atoms with Crippen molar-refractivity contribution in [3.05, 3.63) is 71.5 Å². The average Bonchev–Trinajstić information content (AvgIpc) is 3.51. The van der Waals surface area contributed by atoms with Crippen molar-refractivity contribution in [1.29, 1.82) is 0 Å². The van der Waals surface area contributed by atoms with Gasteiger partial charge in [0.25, 0.3) is 5.91 Å². The Bertz CT molecular complexity index is 1160. The summed E-state index contributed by atoms with van der Waals surface area (Å²) in [7, 11) is 0. The number of aromatic nitrogens is 1. The lowest BCUT2D eigenvalue weighted by molar-refractivity contribution is -0.117. The Kier molecular flexibility index (Phi) is 5.62. The molecule has 7 heteroatoms. The second-order valence-electron chi connectivity index (χ2n) is 9.10. The van der Waals surface area contributed by atoms with E-state index in [0.717, 1.165) is 37.3 Å².